The maximum absolute atomic E-state index is 12.1. The second-order valence-electron chi connectivity index (χ2n) is 3.75. The summed E-state index contributed by atoms with van der Waals surface area (Å²) in [7, 11) is 0. The van der Waals surface area contributed by atoms with Crippen LogP contribution >= 0.6 is 0 Å². The molecule has 0 aromatic heterocycles. The Morgan fingerprint density at radius 2 is 0.833 bits per heavy atom. The summed E-state index contributed by atoms with van der Waals surface area (Å²) in [5, 5.41) is 6.25. The van der Waals surface area contributed by atoms with Crippen LogP contribution in [0.2, 0.25) is 0 Å². The van der Waals surface area contributed by atoms with Crippen LogP contribution in [0.15, 0.2) is 48.5 Å². The van der Waals surface area contributed by atoms with Crippen molar-refractivity contribution < 1.29 is 9.59 Å². The van der Waals surface area contributed by atoms with Gasteiger partial charge in [0, 0.05) is 22.3 Å². The van der Waals surface area contributed by atoms with Gasteiger partial charge in [0.05, 0.1) is 0 Å². The third kappa shape index (κ3) is 1.61. The summed E-state index contributed by atoms with van der Waals surface area (Å²) >= 11 is 0. The molecule has 3 heteroatoms. The number of hydrogen-bond acceptors (Lipinski definition) is 3. The highest BCUT2D eigenvalue weighted by atomic mass is 16.1. The van der Waals surface area contributed by atoms with E-state index in [9.17, 15) is 9.59 Å². The van der Waals surface area contributed by atoms with Crippen molar-refractivity contribution in [2.75, 3.05) is 0 Å². The average Bonchev–Trinajstić information content (AvgIpc) is 2.47. The van der Waals surface area contributed by atoms with Gasteiger partial charge in [0.15, 0.2) is 11.6 Å². The van der Waals surface area contributed by atoms with Gasteiger partial charge in [0.25, 0.3) is 0 Å². The van der Waals surface area contributed by atoms with Crippen molar-refractivity contribution >= 4 is 11.6 Å². The van der Waals surface area contributed by atoms with E-state index in [0.717, 1.165) is 0 Å². The predicted molar refractivity (Wildman–Crippen MR) is 64.7 cm³/mol. The Bertz CT molecular complexity index is 551. The molecule has 0 aliphatic heterocycles. The third-order valence-electron chi connectivity index (χ3n) is 2.83. The SMILES string of the molecule is O=C1c2ccccc2C(=O)c2ccccc21.[C-]#N. The average molecular weight is 234 g/mol. The van der Waals surface area contributed by atoms with Crippen LogP contribution in [0.4, 0.5) is 0 Å². The maximum atomic E-state index is 12.1. The van der Waals surface area contributed by atoms with E-state index in [4.69, 9.17) is 11.8 Å². The first-order valence-corrected chi connectivity index (χ1v) is 5.29. The van der Waals surface area contributed by atoms with Crippen LogP contribution < -0.4 is 0 Å². The van der Waals surface area contributed by atoms with Crippen molar-refractivity contribution in [3.63, 3.8) is 0 Å². The summed E-state index contributed by atoms with van der Waals surface area (Å²) in [6.45, 7) is 4.75. The van der Waals surface area contributed by atoms with Crippen LogP contribution in [0.5, 0.6) is 0 Å². The first-order valence-electron chi connectivity index (χ1n) is 5.29. The highest BCUT2D eigenvalue weighted by molar-refractivity contribution is 6.28. The number of ketones is 2. The highest BCUT2D eigenvalue weighted by Crippen LogP contribution is 2.26. The van der Waals surface area contributed by atoms with E-state index in [2.05, 4.69) is 0 Å². The number of rotatable bonds is 0. The fraction of sp³-hybridized carbons (Fsp3) is 0. The first kappa shape index (κ1) is 11.7. The van der Waals surface area contributed by atoms with Crippen molar-refractivity contribution in [2.45, 2.75) is 0 Å². The topological polar surface area (TPSA) is 57.9 Å². The molecule has 0 spiro atoms. The smallest absolute Gasteiger partial charge is 0.194 e. The minimum absolute atomic E-state index is 0.0641. The lowest BCUT2D eigenvalue weighted by atomic mass is 9.84. The van der Waals surface area contributed by atoms with Gasteiger partial charge in [-0.1, -0.05) is 48.5 Å². The van der Waals surface area contributed by atoms with Crippen molar-refractivity contribution in [2.24, 2.45) is 0 Å². The summed E-state index contributed by atoms with van der Waals surface area (Å²) < 4.78 is 0. The number of fused-ring (bicyclic) bond motifs is 2. The lowest BCUT2D eigenvalue weighted by molar-refractivity contribution is 0.0979. The molecule has 0 fully saturated rings. The Morgan fingerprint density at radius 1 is 0.611 bits per heavy atom. The van der Waals surface area contributed by atoms with Gasteiger partial charge < -0.3 is 11.8 Å². The second-order valence-corrected chi connectivity index (χ2v) is 3.75. The van der Waals surface area contributed by atoms with Gasteiger partial charge in [-0.2, -0.15) is 0 Å². The quantitative estimate of drug-likeness (QED) is 0.561. The molecule has 0 N–H and O–H groups in total. The Labute approximate surface area is 104 Å². The predicted octanol–water partition coefficient (Wildman–Crippen LogP) is 2.56. The van der Waals surface area contributed by atoms with Crippen LogP contribution in [0.1, 0.15) is 31.8 Å². The highest BCUT2D eigenvalue weighted by Gasteiger charge is 2.28. The van der Waals surface area contributed by atoms with Crippen molar-refractivity contribution in [3.8, 4) is 0 Å². The summed E-state index contributed by atoms with van der Waals surface area (Å²) in [6, 6.07) is 13.9. The first-order chi connectivity index (χ1) is 8.79. The normalized spacial score (nSPS) is 11.9. The van der Waals surface area contributed by atoms with Gasteiger partial charge in [-0.3, -0.25) is 9.59 Å². The second kappa shape index (κ2) is 4.64. The van der Waals surface area contributed by atoms with Gasteiger partial charge >= 0.3 is 0 Å². The molecule has 0 radical (unpaired) electrons. The maximum Gasteiger partial charge on any atom is 0.194 e. The summed E-state index contributed by atoms with van der Waals surface area (Å²) in [6.07, 6.45) is 0. The van der Waals surface area contributed by atoms with Crippen LogP contribution in [0.3, 0.4) is 0 Å². The van der Waals surface area contributed by atoms with Gasteiger partial charge in [0.1, 0.15) is 0 Å². The molecule has 0 bridgehead atoms. The van der Waals surface area contributed by atoms with E-state index < -0.39 is 0 Å². The van der Waals surface area contributed by atoms with Crippen molar-refractivity contribution in [1.82, 2.24) is 0 Å². The lowest BCUT2D eigenvalue weighted by Crippen LogP contribution is -2.20. The number of carbonyl (C=O) groups is 2. The molecule has 18 heavy (non-hydrogen) atoms. The Morgan fingerprint density at radius 3 is 1.06 bits per heavy atom. The molecular weight excluding hydrogens is 226 g/mol. The largest absolute Gasteiger partial charge is 0.512 e. The van der Waals surface area contributed by atoms with E-state index in [-0.39, 0.29) is 11.6 Å². The summed E-state index contributed by atoms with van der Waals surface area (Å²) in [4.78, 5) is 24.2. The molecule has 2 aromatic rings. The standard InChI is InChI=1S/C14H8O2.CN/c15-13-9-5-1-2-6-10(9)14(16)12-8-4-3-7-11(12)13;1-2/h1-8H;/q;-1. The molecule has 0 amide bonds. The molecule has 3 nitrogen and oxygen atoms in total. The molecule has 0 unspecified atom stereocenters. The van der Waals surface area contributed by atoms with Gasteiger partial charge in [-0.05, 0) is 0 Å². The molecule has 0 heterocycles. The van der Waals surface area contributed by atoms with Crippen molar-refractivity contribution in [1.29, 1.82) is 5.26 Å². The Balaban J connectivity index is 0.000000574. The fourth-order valence-electron chi connectivity index (χ4n) is 2.05. The monoisotopic (exact) mass is 234 g/mol. The number of carbonyl (C=O) groups excluding carboxylic acids is 2. The number of nitrogens with zero attached hydrogens (tertiary/aromatic N) is 1. The van der Waals surface area contributed by atoms with E-state index in [1.165, 1.54) is 0 Å². The minimum atomic E-state index is -0.0641. The lowest BCUT2D eigenvalue weighted by Gasteiger charge is -2.16. The van der Waals surface area contributed by atoms with Gasteiger partial charge in [-0.15, -0.1) is 0 Å². The zero-order valence-electron chi connectivity index (χ0n) is 9.38. The van der Waals surface area contributed by atoms with Crippen LogP contribution in [0.25, 0.3) is 0 Å². The molecule has 0 saturated carbocycles. The molecule has 0 saturated heterocycles. The Hall–Kier alpha value is -2.73. The number of hydrogen-bond donors (Lipinski definition) is 0. The Kier molecular flexibility index (Phi) is 3.03. The fourth-order valence-corrected chi connectivity index (χ4v) is 2.05. The van der Waals surface area contributed by atoms with E-state index in [1.54, 1.807) is 48.5 Å². The number of benzene rings is 2. The molecule has 1 aliphatic rings. The van der Waals surface area contributed by atoms with Crippen molar-refractivity contribution in [3.05, 3.63) is 77.4 Å². The zero-order valence-corrected chi connectivity index (χ0v) is 9.38. The van der Waals surface area contributed by atoms with E-state index in [1.807, 2.05) is 0 Å². The van der Waals surface area contributed by atoms with E-state index in [0.29, 0.717) is 22.3 Å². The minimum Gasteiger partial charge on any atom is -0.512 e. The summed E-state index contributed by atoms with van der Waals surface area (Å²) in [5.41, 5.74) is 2.02. The summed E-state index contributed by atoms with van der Waals surface area (Å²) in [5.74, 6) is -0.128. The molecule has 3 rings (SSSR count). The van der Waals surface area contributed by atoms with Crippen LogP contribution in [-0.2, 0) is 0 Å². The molecule has 0 atom stereocenters. The molecule has 1 aliphatic carbocycles. The molecule has 2 aromatic carbocycles. The van der Waals surface area contributed by atoms with Gasteiger partial charge in [0.2, 0.25) is 0 Å². The molecular formula is C15H8NO2-. The van der Waals surface area contributed by atoms with Crippen LogP contribution in [0, 0.1) is 11.8 Å². The van der Waals surface area contributed by atoms with E-state index >= 15 is 0 Å². The molecule has 86 valence electrons. The van der Waals surface area contributed by atoms with Crippen LogP contribution in [-0.4, -0.2) is 11.6 Å². The third-order valence-corrected chi connectivity index (χ3v) is 2.83. The zero-order chi connectivity index (χ0) is 13.1. The van der Waals surface area contributed by atoms with Gasteiger partial charge in [-0.25, -0.2) is 0 Å².